The van der Waals surface area contributed by atoms with Gasteiger partial charge in [0.05, 0.1) is 13.2 Å². The number of hydrogen-bond acceptors (Lipinski definition) is 8. The van der Waals surface area contributed by atoms with E-state index in [0.717, 1.165) is 70.6 Å². The summed E-state index contributed by atoms with van der Waals surface area (Å²) in [7, 11) is -4.39. The van der Waals surface area contributed by atoms with Gasteiger partial charge in [-0.15, -0.1) is 0 Å². The second-order valence-electron chi connectivity index (χ2n) is 17.4. The van der Waals surface area contributed by atoms with E-state index in [4.69, 9.17) is 24.3 Å². The summed E-state index contributed by atoms with van der Waals surface area (Å²) in [5, 5.41) is 0. The Morgan fingerprint density at radius 1 is 0.484 bits per heavy atom. The second-order valence-corrected chi connectivity index (χ2v) is 18.8. The van der Waals surface area contributed by atoms with Crippen LogP contribution in [-0.2, 0) is 32.7 Å². The molecule has 0 aromatic heterocycles. The molecule has 0 saturated heterocycles. The predicted octanol–water partition coefficient (Wildman–Crippen LogP) is 16.0. The number of carbonyl (C=O) groups excluding carboxylic acids is 2. The molecule has 0 rings (SSSR count). The molecular formula is C54H98NO8P. The van der Waals surface area contributed by atoms with Crippen molar-refractivity contribution in [1.29, 1.82) is 0 Å². The fourth-order valence-corrected chi connectivity index (χ4v) is 8.08. The van der Waals surface area contributed by atoms with E-state index in [1.807, 2.05) is 0 Å². The first kappa shape index (κ1) is 61.7. The van der Waals surface area contributed by atoms with E-state index in [-0.39, 0.29) is 38.6 Å². The second kappa shape index (κ2) is 50.1. The molecule has 0 heterocycles. The average Bonchev–Trinajstić information content (AvgIpc) is 3.28. The normalized spacial score (nSPS) is 13.6. The van der Waals surface area contributed by atoms with Crippen LogP contribution in [0.2, 0.25) is 0 Å². The van der Waals surface area contributed by atoms with Crippen LogP contribution in [0.15, 0.2) is 60.8 Å². The lowest BCUT2D eigenvalue weighted by Crippen LogP contribution is -2.29. The highest BCUT2D eigenvalue weighted by atomic mass is 31.2. The molecule has 0 radical (unpaired) electrons. The van der Waals surface area contributed by atoms with Gasteiger partial charge in [-0.3, -0.25) is 18.6 Å². The molecule has 64 heavy (non-hydrogen) atoms. The lowest BCUT2D eigenvalue weighted by molar-refractivity contribution is -0.161. The van der Waals surface area contributed by atoms with Crippen LogP contribution in [0.5, 0.6) is 0 Å². The van der Waals surface area contributed by atoms with Gasteiger partial charge in [-0.2, -0.15) is 0 Å². The number of phosphoric acid groups is 1. The molecule has 3 N–H and O–H groups in total. The van der Waals surface area contributed by atoms with E-state index < -0.39 is 26.5 Å². The maximum Gasteiger partial charge on any atom is 0.472 e. The zero-order valence-corrected chi connectivity index (χ0v) is 42.2. The van der Waals surface area contributed by atoms with Gasteiger partial charge in [0.15, 0.2) is 6.10 Å². The summed E-state index contributed by atoms with van der Waals surface area (Å²) < 4.78 is 32.9. The minimum absolute atomic E-state index is 0.0463. The van der Waals surface area contributed by atoms with Crippen LogP contribution in [-0.4, -0.2) is 49.3 Å². The third-order valence-corrected chi connectivity index (χ3v) is 12.2. The fraction of sp³-hybridized carbons (Fsp3) is 0.778. The predicted molar refractivity (Wildman–Crippen MR) is 270 cm³/mol. The van der Waals surface area contributed by atoms with E-state index >= 15 is 0 Å². The quantitative estimate of drug-likeness (QED) is 0.0265. The molecule has 0 aliphatic rings. The van der Waals surface area contributed by atoms with E-state index in [2.05, 4.69) is 74.6 Å². The van der Waals surface area contributed by atoms with Crippen molar-refractivity contribution in [3.05, 3.63) is 60.8 Å². The van der Waals surface area contributed by atoms with Crippen molar-refractivity contribution >= 4 is 19.8 Å². The molecule has 2 unspecified atom stereocenters. The van der Waals surface area contributed by atoms with Gasteiger partial charge in [0.2, 0.25) is 0 Å². The van der Waals surface area contributed by atoms with E-state index in [1.54, 1.807) is 0 Å². The number of hydrogen-bond donors (Lipinski definition) is 2. The Kier molecular flexibility index (Phi) is 48.3. The molecule has 0 spiro atoms. The van der Waals surface area contributed by atoms with Gasteiger partial charge < -0.3 is 20.1 Å². The Labute approximate surface area is 393 Å². The van der Waals surface area contributed by atoms with E-state index in [0.29, 0.717) is 6.42 Å². The van der Waals surface area contributed by atoms with Gasteiger partial charge in [-0.25, -0.2) is 4.57 Å². The highest BCUT2D eigenvalue weighted by Gasteiger charge is 2.26. The van der Waals surface area contributed by atoms with Crippen molar-refractivity contribution in [2.24, 2.45) is 5.73 Å². The molecule has 2 atom stereocenters. The first-order valence-corrected chi connectivity index (χ1v) is 27.8. The topological polar surface area (TPSA) is 134 Å². The highest BCUT2D eigenvalue weighted by molar-refractivity contribution is 7.47. The lowest BCUT2D eigenvalue weighted by atomic mass is 10.0. The maximum atomic E-state index is 12.6. The minimum Gasteiger partial charge on any atom is -0.462 e. The summed E-state index contributed by atoms with van der Waals surface area (Å²) in [5.41, 5.74) is 5.37. The van der Waals surface area contributed by atoms with Gasteiger partial charge in [-0.1, -0.05) is 229 Å². The summed E-state index contributed by atoms with van der Waals surface area (Å²) in [6, 6.07) is 0. The van der Waals surface area contributed by atoms with Crippen LogP contribution in [0.4, 0.5) is 0 Å². The van der Waals surface area contributed by atoms with Gasteiger partial charge in [-0.05, 0) is 57.8 Å². The number of phosphoric ester groups is 1. The standard InChI is InChI=1S/C54H98NO8P/c1-3-5-7-9-11-13-15-17-19-21-23-24-25-26-27-29-30-32-34-36-38-40-42-44-46-53(56)60-50-52(51-62-64(58,59)61-49-48-55)63-54(57)47-45-43-41-39-37-35-33-31-28-22-20-18-16-14-12-10-8-6-4-2/h6,8,12,14,18,20,28,31,35,37,52H,3-5,7,9-11,13,15-17,19,21-27,29-30,32-34,36,38-51,55H2,1-2H3,(H,58,59)/b8-6-,14-12-,20-18-,31-28-,37-35-. The summed E-state index contributed by atoms with van der Waals surface area (Å²) in [5.74, 6) is -0.860. The van der Waals surface area contributed by atoms with Crippen molar-refractivity contribution in [3.63, 3.8) is 0 Å². The third-order valence-electron chi connectivity index (χ3n) is 11.2. The first-order chi connectivity index (χ1) is 31.3. The number of ether oxygens (including phenoxy) is 2. The molecule has 0 fully saturated rings. The van der Waals surface area contributed by atoms with Crippen molar-refractivity contribution in [2.45, 2.75) is 245 Å². The van der Waals surface area contributed by atoms with Crippen LogP contribution in [0.1, 0.15) is 239 Å². The van der Waals surface area contributed by atoms with Gasteiger partial charge in [0.1, 0.15) is 6.61 Å². The number of carbonyl (C=O) groups is 2. The number of allylic oxidation sites excluding steroid dienone is 10. The molecule has 372 valence electrons. The van der Waals surface area contributed by atoms with Crippen molar-refractivity contribution in [3.8, 4) is 0 Å². The summed E-state index contributed by atoms with van der Waals surface area (Å²) in [6.07, 6.45) is 61.3. The summed E-state index contributed by atoms with van der Waals surface area (Å²) in [4.78, 5) is 35.1. The summed E-state index contributed by atoms with van der Waals surface area (Å²) >= 11 is 0. The number of esters is 2. The molecule has 0 aliphatic heterocycles. The largest absolute Gasteiger partial charge is 0.472 e. The Hall–Kier alpha value is -2.29. The molecule has 0 aromatic carbocycles. The SMILES string of the molecule is CC/C=C\C/C=C\C/C=C\C/C=C\C/C=C\CCCCCC(=O)OC(COC(=O)CCCCCCCCCCCCCCCCCCCCCCCCCC)COP(=O)(O)OCCN. The van der Waals surface area contributed by atoms with Crippen molar-refractivity contribution in [2.75, 3.05) is 26.4 Å². The molecule has 0 aromatic rings. The van der Waals surface area contributed by atoms with Crippen molar-refractivity contribution in [1.82, 2.24) is 0 Å². The van der Waals surface area contributed by atoms with Gasteiger partial charge >= 0.3 is 19.8 Å². The zero-order chi connectivity index (χ0) is 46.7. The number of rotatable bonds is 49. The Morgan fingerprint density at radius 2 is 0.859 bits per heavy atom. The third kappa shape index (κ3) is 49.2. The lowest BCUT2D eigenvalue weighted by Gasteiger charge is -2.19. The Bertz CT molecular complexity index is 1230. The summed E-state index contributed by atoms with van der Waals surface area (Å²) in [6.45, 7) is 3.61. The Morgan fingerprint density at radius 3 is 1.28 bits per heavy atom. The molecule has 0 bridgehead atoms. The molecule has 0 amide bonds. The van der Waals surface area contributed by atoms with Crippen LogP contribution in [0.3, 0.4) is 0 Å². The first-order valence-electron chi connectivity index (χ1n) is 26.3. The Balaban J connectivity index is 4.05. The maximum absolute atomic E-state index is 12.6. The van der Waals surface area contributed by atoms with E-state index in [1.165, 1.54) is 135 Å². The van der Waals surface area contributed by atoms with Crippen LogP contribution >= 0.6 is 7.82 Å². The van der Waals surface area contributed by atoms with Crippen molar-refractivity contribution < 1.29 is 37.6 Å². The molecular weight excluding hydrogens is 822 g/mol. The van der Waals surface area contributed by atoms with Gasteiger partial charge in [0.25, 0.3) is 0 Å². The smallest absolute Gasteiger partial charge is 0.462 e. The van der Waals surface area contributed by atoms with Crippen LogP contribution in [0.25, 0.3) is 0 Å². The zero-order valence-electron chi connectivity index (χ0n) is 41.3. The monoisotopic (exact) mass is 920 g/mol. The number of unbranched alkanes of at least 4 members (excludes halogenated alkanes) is 26. The molecule has 10 heteroatoms. The van der Waals surface area contributed by atoms with Crippen LogP contribution < -0.4 is 5.73 Å². The molecule has 0 aliphatic carbocycles. The number of nitrogens with two attached hydrogens (primary N) is 1. The van der Waals surface area contributed by atoms with E-state index in [9.17, 15) is 19.0 Å². The fourth-order valence-electron chi connectivity index (χ4n) is 7.31. The van der Waals surface area contributed by atoms with Crippen LogP contribution in [0, 0.1) is 0 Å². The average molecular weight is 920 g/mol. The highest BCUT2D eigenvalue weighted by Crippen LogP contribution is 2.43. The van der Waals surface area contributed by atoms with Gasteiger partial charge in [0, 0.05) is 19.4 Å². The molecule has 9 nitrogen and oxygen atoms in total. The minimum atomic E-state index is -4.39. The molecule has 0 saturated carbocycles.